The van der Waals surface area contributed by atoms with Gasteiger partial charge in [-0.15, -0.1) is 0 Å². The van der Waals surface area contributed by atoms with Crippen molar-refractivity contribution in [3.63, 3.8) is 0 Å². The maximum absolute atomic E-state index is 3.79. The molecule has 3 unspecified atom stereocenters. The third-order valence-corrected chi connectivity index (χ3v) is 5.00. The fourth-order valence-corrected chi connectivity index (χ4v) is 4.00. The van der Waals surface area contributed by atoms with E-state index in [0.29, 0.717) is 0 Å². The maximum atomic E-state index is 3.79. The number of rotatable bonds is 8. The Kier molecular flexibility index (Phi) is 6.15. The standard InChI is InChI=1S/C17H34N2/c1-4-7-14-11-16(18-10-5-2)13-19(12-14)17(6-3)15-8-9-15/h14-18H,4-13H2,1-3H3. The monoisotopic (exact) mass is 266 g/mol. The van der Waals surface area contributed by atoms with Gasteiger partial charge in [0, 0.05) is 25.2 Å². The first-order chi connectivity index (χ1) is 9.28. The lowest BCUT2D eigenvalue weighted by Gasteiger charge is -2.42. The minimum atomic E-state index is 0.748. The SMILES string of the molecule is CCCNC1CC(CCC)CN(C(CC)C2CC2)C1. The van der Waals surface area contributed by atoms with Crippen molar-refractivity contribution in [1.29, 1.82) is 0 Å². The normalized spacial score (nSPS) is 30.5. The number of nitrogens with zero attached hydrogens (tertiary/aromatic N) is 1. The van der Waals surface area contributed by atoms with Crippen molar-refractivity contribution < 1.29 is 0 Å². The summed E-state index contributed by atoms with van der Waals surface area (Å²) in [4.78, 5) is 2.84. The molecule has 1 aliphatic carbocycles. The van der Waals surface area contributed by atoms with Crippen LogP contribution in [0.2, 0.25) is 0 Å². The van der Waals surface area contributed by atoms with Gasteiger partial charge in [-0.25, -0.2) is 0 Å². The molecule has 2 aliphatic rings. The molecule has 1 saturated heterocycles. The van der Waals surface area contributed by atoms with Gasteiger partial charge in [-0.1, -0.05) is 27.2 Å². The van der Waals surface area contributed by atoms with Gasteiger partial charge >= 0.3 is 0 Å². The Bertz CT molecular complexity index is 250. The first-order valence-corrected chi connectivity index (χ1v) is 8.75. The first kappa shape index (κ1) is 15.3. The summed E-state index contributed by atoms with van der Waals surface area (Å²) in [6, 6.07) is 1.63. The van der Waals surface area contributed by atoms with Crippen molar-refractivity contribution in [3.05, 3.63) is 0 Å². The highest BCUT2D eigenvalue weighted by atomic mass is 15.2. The largest absolute Gasteiger partial charge is 0.313 e. The van der Waals surface area contributed by atoms with Crippen LogP contribution in [0, 0.1) is 11.8 Å². The van der Waals surface area contributed by atoms with Gasteiger partial charge in [0.2, 0.25) is 0 Å². The van der Waals surface area contributed by atoms with Gasteiger partial charge < -0.3 is 5.32 Å². The molecule has 2 fully saturated rings. The number of nitrogens with one attached hydrogen (secondary N) is 1. The molecule has 2 rings (SSSR count). The second kappa shape index (κ2) is 7.64. The van der Waals surface area contributed by atoms with Crippen molar-refractivity contribution in [2.45, 2.75) is 77.8 Å². The topological polar surface area (TPSA) is 15.3 Å². The van der Waals surface area contributed by atoms with E-state index in [9.17, 15) is 0 Å². The highest BCUT2D eigenvalue weighted by Crippen LogP contribution is 2.38. The fraction of sp³-hybridized carbons (Fsp3) is 1.00. The molecule has 0 radical (unpaired) electrons. The van der Waals surface area contributed by atoms with Crippen molar-refractivity contribution >= 4 is 0 Å². The lowest BCUT2D eigenvalue weighted by Crippen LogP contribution is -2.53. The molecule has 0 aromatic rings. The Balaban J connectivity index is 1.92. The predicted octanol–water partition coefficient (Wildman–Crippen LogP) is 3.67. The van der Waals surface area contributed by atoms with E-state index in [1.165, 1.54) is 64.6 Å². The van der Waals surface area contributed by atoms with Crippen molar-refractivity contribution in [2.24, 2.45) is 11.8 Å². The molecule has 2 heteroatoms. The van der Waals surface area contributed by atoms with E-state index < -0.39 is 0 Å². The molecule has 1 heterocycles. The van der Waals surface area contributed by atoms with E-state index in [1.807, 2.05) is 0 Å². The molecule has 1 aliphatic heterocycles. The molecule has 0 spiro atoms. The molecular formula is C17H34N2. The zero-order chi connectivity index (χ0) is 13.7. The summed E-state index contributed by atoms with van der Waals surface area (Å²) in [5.74, 6) is 1.96. The average Bonchev–Trinajstić information content (AvgIpc) is 3.22. The molecule has 0 amide bonds. The van der Waals surface area contributed by atoms with E-state index in [4.69, 9.17) is 0 Å². The summed E-state index contributed by atoms with van der Waals surface area (Å²) < 4.78 is 0. The summed E-state index contributed by atoms with van der Waals surface area (Å²) in [6.07, 6.45) is 9.76. The van der Waals surface area contributed by atoms with E-state index in [0.717, 1.165) is 23.9 Å². The highest BCUT2D eigenvalue weighted by molar-refractivity contribution is 4.92. The summed E-state index contributed by atoms with van der Waals surface area (Å²) in [5.41, 5.74) is 0. The zero-order valence-corrected chi connectivity index (χ0v) is 13.3. The smallest absolute Gasteiger partial charge is 0.0198 e. The second-order valence-corrected chi connectivity index (χ2v) is 6.81. The Hall–Kier alpha value is -0.0800. The van der Waals surface area contributed by atoms with Gasteiger partial charge in [-0.3, -0.25) is 4.90 Å². The Morgan fingerprint density at radius 1 is 1.11 bits per heavy atom. The lowest BCUT2D eigenvalue weighted by atomic mass is 9.88. The number of likely N-dealkylation sites (tertiary alicyclic amines) is 1. The minimum Gasteiger partial charge on any atom is -0.313 e. The van der Waals surface area contributed by atoms with Crippen LogP contribution in [0.25, 0.3) is 0 Å². The van der Waals surface area contributed by atoms with Crippen molar-refractivity contribution in [1.82, 2.24) is 10.2 Å². The zero-order valence-electron chi connectivity index (χ0n) is 13.3. The third-order valence-electron chi connectivity index (χ3n) is 5.00. The van der Waals surface area contributed by atoms with Crippen LogP contribution >= 0.6 is 0 Å². The summed E-state index contributed by atoms with van der Waals surface area (Å²) in [5, 5.41) is 3.79. The van der Waals surface area contributed by atoms with Gasteiger partial charge in [-0.2, -0.15) is 0 Å². The van der Waals surface area contributed by atoms with Crippen molar-refractivity contribution in [2.75, 3.05) is 19.6 Å². The molecule has 0 aromatic heterocycles. The first-order valence-electron chi connectivity index (χ1n) is 8.75. The van der Waals surface area contributed by atoms with Crippen LogP contribution in [-0.2, 0) is 0 Å². The van der Waals surface area contributed by atoms with Gasteiger partial charge in [0.15, 0.2) is 0 Å². The Morgan fingerprint density at radius 2 is 1.89 bits per heavy atom. The molecular weight excluding hydrogens is 232 g/mol. The number of piperidine rings is 1. The van der Waals surface area contributed by atoms with E-state index in [-0.39, 0.29) is 0 Å². The average molecular weight is 266 g/mol. The summed E-state index contributed by atoms with van der Waals surface area (Å²) in [6.45, 7) is 10.9. The number of hydrogen-bond acceptors (Lipinski definition) is 2. The Labute approximate surface area is 120 Å². The molecule has 0 bridgehead atoms. The Morgan fingerprint density at radius 3 is 2.47 bits per heavy atom. The van der Waals surface area contributed by atoms with Crippen LogP contribution in [0.1, 0.15) is 65.7 Å². The highest BCUT2D eigenvalue weighted by Gasteiger charge is 2.37. The molecule has 0 aromatic carbocycles. The maximum Gasteiger partial charge on any atom is 0.0198 e. The van der Waals surface area contributed by atoms with E-state index in [1.54, 1.807) is 0 Å². The predicted molar refractivity (Wildman–Crippen MR) is 83.5 cm³/mol. The second-order valence-electron chi connectivity index (χ2n) is 6.81. The van der Waals surface area contributed by atoms with E-state index in [2.05, 4.69) is 31.0 Å². The van der Waals surface area contributed by atoms with Crippen LogP contribution in [0.4, 0.5) is 0 Å². The van der Waals surface area contributed by atoms with E-state index >= 15 is 0 Å². The quantitative estimate of drug-likeness (QED) is 0.721. The molecule has 2 nitrogen and oxygen atoms in total. The van der Waals surface area contributed by atoms with Crippen LogP contribution < -0.4 is 5.32 Å². The summed E-state index contributed by atoms with van der Waals surface area (Å²) >= 11 is 0. The van der Waals surface area contributed by atoms with Crippen LogP contribution in [0.3, 0.4) is 0 Å². The summed E-state index contributed by atoms with van der Waals surface area (Å²) in [7, 11) is 0. The lowest BCUT2D eigenvalue weighted by molar-refractivity contribution is 0.0806. The fourth-order valence-electron chi connectivity index (χ4n) is 4.00. The molecule has 3 atom stereocenters. The minimum absolute atomic E-state index is 0.748. The molecule has 19 heavy (non-hydrogen) atoms. The van der Waals surface area contributed by atoms with Gasteiger partial charge in [0.05, 0.1) is 0 Å². The van der Waals surface area contributed by atoms with Crippen LogP contribution in [0.5, 0.6) is 0 Å². The van der Waals surface area contributed by atoms with Gasteiger partial charge in [0.1, 0.15) is 0 Å². The molecule has 112 valence electrons. The van der Waals surface area contributed by atoms with Gasteiger partial charge in [0.25, 0.3) is 0 Å². The van der Waals surface area contributed by atoms with Crippen LogP contribution in [0.15, 0.2) is 0 Å². The molecule has 1 saturated carbocycles. The molecule has 1 N–H and O–H groups in total. The van der Waals surface area contributed by atoms with Gasteiger partial charge in [-0.05, 0) is 56.9 Å². The van der Waals surface area contributed by atoms with Crippen LogP contribution in [-0.4, -0.2) is 36.6 Å². The third kappa shape index (κ3) is 4.46. The number of hydrogen-bond donors (Lipinski definition) is 1. The van der Waals surface area contributed by atoms with Crippen molar-refractivity contribution in [3.8, 4) is 0 Å².